The fraction of sp³-hybridized carbons (Fsp3) is 0.214. The summed E-state index contributed by atoms with van der Waals surface area (Å²) in [6, 6.07) is 5.61. The molecule has 0 radical (unpaired) electrons. The Morgan fingerprint density at radius 1 is 1.46 bits per heavy atom. The van der Waals surface area contributed by atoms with Gasteiger partial charge in [0.1, 0.15) is 16.7 Å². The lowest BCUT2D eigenvalue weighted by molar-refractivity contribution is -0.384. The predicted molar refractivity (Wildman–Crippen MR) is 85.3 cm³/mol. The van der Waals surface area contributed by atoms with Crippen LogP contribution in [0.15, 0.2) is 30.0 Å². The summed E-state index contributed by atoms with van der Waals surface area (Å²) in [7, 11) is 0. The molecule has 0 spiro atoms. The molecular weight excluding hydrogens is 340 g/mol. The summed E-state index contributed by atoms with van der Waals surface area (Å²) in [5, 5.41) is 33.2. The van der Waals surface area contributed by atoms with Crippen molar-refractivity contribution >= 4 is 34.9 Å². The van der Waals surface area contributed by atoms with E-state index in [-0.39, 0.29) is 41.4 Å². The van der Waals surface area contributed by atoms with Crippen molar-refractivity contribution in [2.24, 2.45) is 0 Å². The fourth-order valence-corrected chi connectivity index (χ4v) is 1.77. The van der Waals surface area contributed by atoms with E-state index in [2.05, 4.69) is 10.6 Å². The lowest BCUT2D eigenvalue weighted by atomic mass is 10.2. The van der Waals surface area contributed by atoms with Crippen LogP contribution >= 0.6 is 11.6 Å². The molecule has 1 amide bonds. The second-order valence-electron chi connectivity index (χ2n) is 4.49. The van der Waals surface area contributed by atoms with Gasteiger partial charge < -0.3 is 15.7 Å². The van der Waals surface area contributed by atoms with Crippen LogP contribution in [0.5, 0.6) is 0 Å². The van der Waals surface area contributed by atoms with Gasteiger partial charge in [0.15, 0.2) is 0 Å². The number of carboxylic acid groups (broad SMARTS) is 1. The van der Waals surface area contributed by atoms with E-state index in [1.807, 2.05) is 0 Å². The number of nitrogens with one attached hydrogen (secondary N) is 2. The summed E-state index contributed by atoms with van der Waals surface area (Å²) in [5.74, 6) is -1.66. The van der Waals surface area contributed by atoms with Gasteiger partial charge >= 0.3 is 5.97 Å². The van der Waals surface area contributed by atoms with Gasteiger partial charge in [0.05, 0.1) is 4.92 Å². The van der Waals surface area contributed by atoms with Crippen LogP contribution in [-0.4, -0.2) is 28.5 Å². The molecule has 0 aliphatic carbocycles. The van der Waals surface area contributed by atoms with Crippen molar-refractivity contribution in [3.63, 3.8) is 0 Å². The first-order valence-corrected chi connectivity index (χ1v) is 7.03. The molecule has 3 N–H and O–H groups in total. The van der Waals surface area contributed by atoms with E-state index in [4.69, 9.17) is 22.0 Å². The molecule has 1 aromatic rings. The number of nitrogens with zero attached hydrogens (tertiary/aromatic N) is 2. The Morgan fingerprint density at radius 3 is 2.75 bits per heavy atom. The second-order valence-corrected chi connectivity index (χ2v) is 4.90. The molecule has 0 fully saturated rings. The molecule has 0 bridgehead atoms. The third-order valence-electron chi connectivity index (χ3n) is 2.74. The number of rotatable bonds is 8. The van der Waals surface area contributed by atoms with Crippen molar-refractivity contribution in [2.75, 3.05) is 11.9 Å². The third kappa shape index (κ3) is 5.94. The van der Waals surface area contributed by atoms with Crippen LogP contribution in [0.2, 0.25) is 5.02 Å². The van der Waals surface area contributed by atoms with Crippen molar-refractivity contribution < 1.29 is 19.6 Å². The lowest BCUT2D eigenvalue weighted by Crippen LogP contribution is -2.26. The van der Waals surface area contributed by atoms with E-state index in [1.54, 1.807) is 6.07 Å². The van der Waals surface area contributed by atoms with Crippen molar-refractivity contribution in [1.29, 1.82) is 5.26 Å². The van der Waals surface area contributed by atoms with E-state index in [0.29, 0.717) is 0 Å². The maximum Gasteiger partial charge on any atom is 0.303 e. The number of hydrogen-bond acceptors (Lipinski definition) is 6. The van der Waals surface area contributed by atoms with Crippen LogP contribution in [0.3, 0.4) is 0 Å². The molecule has 0 aliphatic heterocycles. The summed E-state index contributed by atoms with van der Waals surface area (Å²) >= 11 is 5.68. The molecule has 1 rings (SSSR count). The van der Waals surface area contributed by atoms with Crippen molar-refractivity contribution in [3.05, 3.63) is 45.1 Å². The van der Waals surface area contributed by atoms with Crippen LogP contribution in [0.25, 0.3) is 0 Å². The summed E-state index contributed by atoms with van der Waals surface area (Å²) in [5.41, 5.74) is -0.299. The quantitative estimate of drug-likeness (QED) is 0.213. The number of nitriles is 1. The third-order valence-corrected chi connectivity index (χ3v) is 3.06. The number of nitro groups is 1. The Labute approximate surface area is 141 Å². The maximum atomic E-state index is 11.8. The molecule has 0 unspecified atom stereocenters. The summed E-state index contributed by atoms with van der Waals surface area (Å²) in [6.45, 7) is 0.108. The standard InChI is InChI=1S/C14H13ClN4O5/c15-11-4-3-10(6-12(11)19(23)24)18-8-9(7-16)14(22)17-5-1-2-13(20)21/h3-4,6,8,18H,1-2,5H2,(H,17,22)(H,20,21)/b9-8-. The first-order chi connectivity index (χ1) is 11.3. The molecule has 0 aromatic heterocycles. The molecule has 10 heteroatoms. The number of anilines is 1. The maximum absolute atomic E-state index is 11.8. The van der Waals surface area contributed by atoms with Gasteiger partial charge in [0, 0.05) is 30.9 Å². The first kappa shape index (κ1) is 18.9. The van der Waals surface area contributed by atoms with Gasteiger partial charge in [-0.05, 0) is 18.6 Å². The largest absolute Gasteiger partial charge is 0.481 e. The number of aliphatic carboxylic acids is 1. The number of carbonyl (C=O) groups excluding carboxylic acids is 1. The van der Waals surface area contributed by atoms with E-state index in [9.17, 15) is 19.7 Å². The van der Waals surface area contributed by atoms with Gasteiger partial charge in [-0.25, -0.2) is 0 Å². The van der Waals surface area contributed by atoms with E-state index < -0.39 is 16.8 Å². The number of nitro benzene ring substituents is 1. The number of carbonyl (C=O) groups is 2. The van der Waals surface area contributed by atoms with Crippen molar-refractivity contribution in [1.82, 2.24) is 5.32 Å². The molecule has 0 atom stereocenters. The molecule has 0 aliphatic rings. The monoisotopic (exact) mass is 352 g/mol. The SMILES string of the molecule is N#C/C(=C/Nc1ccc(Cl)c([N+](=O)[O-])c1)C(=O)NCCCC(=O)O. The zero-order valence-electron chi connectivity index (χ0n) is 12.3. The Bertz CT molecular complexity index is 726. The highest BCUT2D eigenvalue weighted by molar-refractivity contribution is 6.32. The topological polar surface area (TPSA) is 145 Å². The highest BCUT2D eigenvalue weighted by Gasteiger charge is 2.13. The smallest absolute Gasteiger partial charge is 0.303 e. The minimum absolute atomic E-state index is 0.0359. The van der Waals surface area contributed by atoms with Crippen molar-refractivity contribution in [2.45, 2.75) is 12.8 Å². The summed E-state index contributed by atoms with van der Waals surface area (Å²) in [4.78, 5) is 32.2. The molecule has 9 nitrogen and oxygen atoms in total. The highest BCUT2D eigenvalue weighted by atomic mass is 35.5. The average molecular weight is 353 g/mol. The second kappa shape index (κ2) is 9.12. The summed E-state index contributed by atoms with van der Waals surface area (Å²) in [6.07, 6.45) is 1.23. The van der Waals surface area contributed by atoms with E-state index >= 15 is 0 Å². The number of carboxylic acids is 1. The first-order valence-electron chi connectivity index (χ1n) is 6.66. The van der Waals surface area contributed by atoms with E-state index in [0.717, 1.165) is 6.20 Å². The van der Waals surface area contributed by atoms with Crippen molar-refractivity contribution in [3.8, 4) is 6.07 Å². The predicted octanol–water partition coefficient (Wildman–Crippen LogP) is 2.05. The number of hydrogen-bond donors (Lipinski definition) is 3. The number of halogens is 1. The molecule has 0 saturated carbocycles. The van der Waals surface area contributed by atoms with Gasteiger partial charge in [-0.2, -0.15) is 5.26 Å². The molecule has 0 saturated heterocycles. The van der Waals surface area contributed by atoms with Crippen LogP contribution in [-0.2, 0) is 9.59 Å². The van der Waals surface area contributed by atoms with Crippen LogP contribution in [0.1, 0.15) is 12.8 Å². The highest BCUT2D eigenvalue weighted by Crippen LogP contribution is 2.27. The van der Waals surface area contributed by atoms with E-state index in [1.165, 1.54) is 18.2 Å². The Kier molecular flexibility index (Phi) is 7.19. The van der Waals surface area contributed by atoms with Gasteiger partial charge in [-0.15, -0.1) is 0 Å². The minimum atomic E-state index is -0.980. The van der Waals surface area contributed by atoms with Gasteiger partial charge in [-0.1, -0.05) is 11.6 Å². The molecule has 24 heavy (non-hydrogen) atoms. The average Bonchev–Trinajstić information content (AvgIpc) is 2.53. The molecule has 126 valence electrons. The van der Waals surface area contributed by atoms with Gasteiger partial charge in [0.2, 0.25) is 0 Å². The number of amides is 1. The van der Waals surface area contributed by atoms with Gasteiger partial charge in [0.25, 0.3) is 11.6 Å². The molecule has 1 aromatic carbocycles. The summed E-state index contributed by atoms with van der Waals surface area (Å²) < 4.78 is 0. The Hall–Kier alpha value is -3.12. The zero-order valence-corrected chi connectivity index (χ0v) is 13.0. The fourth-order valence-electron chi connectivity index (χ4n) is 1.58. The lowest BCUT2D eigenvalue weighted by Gasteiger charge is -2.05. The normalized spacial score (nSPS) is 10.6. The van der Waals surface area contributed by atoms with Gasteiger partial charge in [-0.3, -0.25) is 19.7 Å². The van der Waals surface area contributed by atoms with Crippen LogP contribution in [0.4, 0.5) is 11.4 Å². The molecule has 0 heterocycles. The number of benzene rings is 1. The van der Waals surface area contributed by atoms with Crippen LogP contribution < -0.4 is 10.6 Å². The zero-order chi connectivity index (χ0) is 18.1. The minimum Gasteiger partial charge on any atom is -0.481 e. The van der Waals surface area contributed by atoms with Crippen LogP contribution in [0, 0.1) is 21.4 Å². The molecular formula is C14H13ClN4O5. The Balaban J connectivity index is 2.71. The Morgan fingerprint density at radius 2 is 2.17 bits per heavy atom.